The molecule has 1 aromatic heterocycles. The summed E-state index contributed by atoms with van der Waals surface area (Å²) in [5.41, 5.74) is 4.12. The number of aryl methyl sites for hydroxylation is 1. The van der Waals surface area contributed by atoms with Gasteiger partial charge in [-0.3, -0.25) is 9.59 Å². The lowest BCUT2D eigenvalue weighted by molar-refractivity contribution is 0.0920. The molecule has 0 unspecified atom stereocenters. The summed E-state index contributed by atoms with van der Waals surface area (Å²) >= 11 is 0. The highest BCUT2D eigenvalue weighted by atomic mass is 16.5. The molecule has 6 heteroatoms. The van der Waals surface area contributed by atoms with Crippen LogP contribution in [0.25, 0.3) is 33.4 Å². The predicted molar refractivity (Wildman–Crippen MR) is 147 cm³/mol. The van der Waals surface area contributed by atoms with Gasteiger partial charge in [-0.1, -0.05) is 60.7 Å². The normalized spacial score (nSPS) is 10.8. The van der Waals surface area contributed by atoms with Crippen LogP contribution in [-0.2, 0) is 0 Å². The van der Waals surface area contributed by atoms with Crippen LogP contribution in [0, 0.1) is 6.92 Å². The smallest absolute Gasteiger partial charge is 0.235 e. The highest BCUT2D eigenvalue weighted by Gasteiger charge is 2.21. The van der Waals surface area contributed by atoms with Gasteiger partial charge in [0.15, 0.2) is 29.6 Å². The molecule has 0 saturated carbocycles. The van der Waals surface area contributed by atoms with E-state index in [1.54, 1.807) is 49.6 Å². The van der Waals surface area contributed by atoms with Crippen molar-refractivity contribution >= 4 is 16.8 Å². The average Bonchev–Trinajstić information content (AvgIpc) is 2.96. The van der Waals surface area contributed by atoms with E-state index in [2.05, 4.69) is 0 Å². The van der Waals surface area contributed by atoms with Crippen LogP contribution in [-0.4, -0.2) is 26.6 Å². The SMILES string of the molecule is COc1ccc(-c2oc3cc(C)ccc3c(=O)c2OCC(=O)c2ccc(-c3ccccc3)cc2)cc1OC. The van der Waals surface area contributed by atoms with Gasteiger partial charge in [0.1, 0.15) is 5.58 Å². The number of carbonyl (C=O) groups excluding carboxylic acids is 1. The van der Waals surface area contributed by atoms with Gasteiger partial charge in [0.2, 0.25) is 11.2 Å². The van der Waals surface area contributed by atoms with E-state index >= 15 is 0 Å². The minimum absolute atomic E-state index is 0.0390. The largest absolute Gasteiger partial charge is 0.493 e. The second kappa shape index (κ2) is 10.6. The summed E-state index contributed by atoms with van der Waals surface area (Å²) in [4.78, 5) is 26.5. The topological polar surface area (TPSA) is 75.0 Å². The molecule has 0 amide bonds. The summed E-state index contributed by atoms with van der Waals surface area (Å²) in [5, 5.41) is 0.370. The molecule has 0 aliphatic rings. The molecule has 5 rings (SSSR count). The minimum Gasteiger partial charge on any atom is -0.493 e. The van der Waals surface area contributed by atoms with E-state index in [-0.39, 0.29) is 29.3 Å². The van der Waals surface area contributed by atoms with E-state index in [1.807, 2.05) is 55.5 Å². The van der Waals surface area contributed by atoms with Crippen molar-refractivity contribution in [3.63, 3.8) is 0 Å². The molecule has 0 fully saturated rings. The Morgan fingerprint density at radius 3 is 2.16 bits per heavy atom. The summed E-state index contributed by atoms with van der Waals surface area (Å²) in [5.74, 6) is 0.916. The Labute approximate surface area is 220 Å². The molecule has 0 bridgehead atoms. The van der Waals surface area contributed by atoms with Crippen LogP contribution in [0.2, 0.25) is 0 Å². The first-order valence-electron chi connectivity index (χ1n) is 12.1. The van der Waals surface area contributed by atoms with Crippen molar-refractivity contribution in [1.82, 2.24) is 0 Å². The summed E-state index contributed by atoms with van der Waals surface area (Å²) < 4.78 is 22.8. The van der Waals surface area contributed by atoms with E-state index in [4.69, 9.17) is 18.6 Å². The van der Waals surface area contributed by atoms with E-state index in [1.165, 1.54) is 7.11 Å². The van der Waals surface area contributed by atoms with Crippen LogP contribution in [0.4, 0.5) is 0 Å². The molecule has 0 radical (unpaired) electrons. The fraction of sp³-hybridized carbons (Fsp3) is 0.125. The quantitative estimate of drug-likeness (QED) is 0.218. The number of ketones is 1. The van der Waals surface area contributed by atoms with E-state index in [0.29, 0.717) is 33.6 Å². The van der Waals surface area contributed by atoms with Crippen molar-refractivity contribution in [2.45, 2.75) is 6.92 Å². The zero-order valence-electron chi connectivity index (χ0n) is 21.3. The monoisotopic (exact) mass is 506 g/mol. The molecule has 6 nitrogen and oxygen atoms in total. The molecule has 5 aromatic rings. The van der Waals surface area contributed by atoms with Crippen molar-refractivity contribution in [3.8, 4) is 39.7 Å². The molecule has 0 aliphatic heterocycles. The molecule has 0 N–H and O–H groups in total. The minimum atomic E-state index is -0.358. The number of methoxy groups -OCH3 is 2. The Morgan fingerprint density at radius 2 is 1.45 bits per heavy atom. The van der Waals surface area contributed by atoms with Crippen LogP contribution >= 0.6 is 0 Å². The van der Waals surface area contributed by atoms with Gasteiger partial charge in [-0.2, -0.15) is 0 Å². The Hall–Kier alpha value is -4.84. The van der Waals surface area contributed by atoms with Gasteiger partial charge >= 0.3 is 0 Å². The van der Waals surface area contributed by atoms with Crippen molar-refractivity contribution in [2.75, 3.05) is 20.8 Å². The molecule has 0 saturated heterocycles. The van der Waals surface area contributed by atoms with Crippen molar-refractivity contribution < 1.29 is 23.4 Å². The molecular formula is C32H26O6. The van der Waals surface area contributed by atoms with Crippen LogP contribution < -0.4 is 19.6 Å². The van der Waals surface area contributed by atoms with E-state index < -0.39 is 0 Å². The van der Waals surface area contributed by atoms with Gasteiger partial charge in [-0.25, -0.2) is 0 Å². The maximum absolute atomic E-state index is 13.5. The zero-order valence-corrected chi connectivity index (χ0v) is 21.3. The third-order valence-electron chi connectivity index (χ3n) is 6.31. The lowest BCUT2D eigenvalue weighted by atomic mass is 10.0. The fourth-order valence-electron chi connectivity index (χ4n) is 4.28. The van der Waals surface area contributed by atoms with Gasteiger partial charge in [-0.05, 0) is 53.9 Å². The van der Waals surface area contributed by atoms with Gasteiger partial charge in [0.05, 0.1) is 19.6 Å². The molecule has 190 valence electrons. The summed E-state index contributed by atoms with van der Waals surface area (Å²) in [7, 11) is 3.07. The molecule has 0 atom stereocenters. The van der Waals surface area contributed by atoms with Crippen LogP contribution in [0.1, 0.15) is 15.9 Å². The van der Waals surface area contributed by atoms with Gasteiger partial charge in [0, 0.05) is 11.1 Å². The molecule has 4 aromatic carbocycles. The molecule has 0 aliphatic carbocycles. The number of rotatable bonds is 8. The standard InChI is InChI=1S/C32H26O6/c1-20-9-15-25-28(17-20)38-31(24-14-16-27(35-2)29(18-24)36-3)32(30(25)34)37-19-26(33)23-12-10-22(11-13-23)21-7-5-4-6-8-21/h4-18H,19H2,1-3H3. The van der Waals surface area contributed by atoms with Crippen LogP contribution in [0.5, 0.6) is 17.2 Å². The van der Waals surface area contributed by atoms with Crippen LogP contribution in [0.3, 0.4) is 0 Å². The summed E-state index contributed by atoms with van der Waals surface area (Å²) in [6, 6.07) is 27.7. The maximum Gasteiger partial charge on any atom is 0.235 e. The maximum atomic E-state index is 13.5. The third kappa shape index (κ3) is 4.89. The Bertz CT molecular complexity index is 1670. The first-order chi connectivity index (χ1) is 18.5. The number of carbonyl (C=O) groups is 1. The molecule has 0 spiro atoms. The van der Waals surface area contributed by atoms with Gasteiger partial charge < -0.3 is 18.6 Å². The second-order valence-corrected chi connectivity index (χ2v) is 8.81. The Morgan fingerprint density at radius 1 is 0.763 bits per heavy atom. The number of hydrogen-bond donors (Lipinski definition) is 0. The Kier molecular flexibility index (Phi) is 6.96. The summed E-state index contributed by atoms with van der Waals surface area (Å²) in [6.45, 7) is 1.59. The first-order valence-corrected chi connectivity index (χ1v) is 12.1. The first kappa shape index (κ1) is 24.8. The molecule has 38 heavy (non-hydrogen) atoms. The highest BCUT2D eigenvalue weighted by Crippen LogP contribution is 2.37. The fourth-order valence-corrected chi connectivity index (χ4v) is 4.28. The highest BCUT2D eigenvalue weighted by molar-refractivity contribution is 5.97. The summed E-state index contributed by atoms with van der Waals surface area (Å²) in [6.07, 6.45) is 0. The van der Waals surface area contributed by atoms with E-state index in [0.717, 1.165) is 16.7 Å². The number of ether oxygens (including phenoxy) is 3. The van der Waals surface area contributed by atoms with Crippen molar-refractivity contribution in [1.29, 1.82) is 0 Å². The lowest BCUT2D eigenvalue weighted by Crippen LogP contribution is -2.17. The van der Waals surface area contributed by atoms with Gasteiger partial charge in [-0.15, -0.1) is 0 Å². The number of Topliss-reactive ketones (excluding diaryl/α,β-unsaturated/α-hetero) is 1. The van der Waals surface area contributed by atoms with Crippen LogP contribution in [0.15, 0.2) is 100 Å². The zero-order chi connectivity index (χ0) is 26.6. The predicted octanol–water partition coefficient (Wildman–Crippen LogP) is 6.71. The molecular weight excluding hydrogens is 480 g/mol. The Balaban J connectivity index is 1.49. The number of benzene rings is 4. The van der Waals surface area contributed by atoms with Gasteiger partial charge in [0.25, 0.3) is 0 Å². The second-order valence-electron chi connectivity index (χ2n) is 8.81. The lowest BCUT2D eigenvalue weighted by Gasteiger charge is -2.14. The van der Waals surface area contributed by atoms with Crippen molar-refractivity contribution in [2.24, 2.45) is 0 Å². The van der Waals surface area contributed by atoms with E-state index in [9.17, 15) is 9.59 Å². The van der Waals surface area contributed by atoms with Crippen molar-refractivity contribution in [3.05, 3.63) is 112 Å². The number of fused-ring (bicyclic) bond motifs is 1. The average molecular weight is 507 g/mol. The number of hydrogen-bond acceptors (Lipinski definition) is 6. The third-order valence-corrected chi connectivity index (χ3v) is 6.31. The molecule has 1 heterocycles.